The number of fused-ring (bicyclic) bond motifs is 2. The summed E-state index contributed by atoms with van der Waals surface area (Å²) in [4.78, 5) is 55.2. The van der Waals surface area contributed by atoms with E-state index < -0.39 is 17.5 Å². The van der Waals surface area contributed by atoms with Gasteiger partial charge >= 0.3 is 11.9 Å². The molecule has 2 aliphatic rings. The number of nitrogens with one attached hydrogen (secondary N) is 1. The molecule has 3 aromatic rings. The molecule has 10 nitrogen and oxygen atoms in total. The number of amides is 1. The number of ketones is 1. The maximum atomic E-state index is 13.2. The van der Waals surface area contributed by atoms with Crippen molar-refractivity contribution in [1.29, 1.82) is 0 Å². The molecule has 1 aliphatic carbocycles. The van der Waals surface area contributed by atoms with E-state index in [4.69, 9.17) is 19.7 Å². The molecule has 0 saturated carbocycles. The number of ether oxygens (including phenoxy) is 2. The van der Waals surface area contributed by atoms with Gasteiger partial charge < -0.3 is 14.6 Å². The molecule has 55 heavy (non-hydrogen) atoms. The third kappa shape index (κ3) is 10.0. The molecule has 5 rings (SSSR count). The van der Waals surface area contributed by atoms with Gasteiger partial charge in [0.1, 0.15) is 12.4 Å². The van der Waals surface area contributed by atoms with Crippen molar-refractivity contribution in [3.63, 3.8) is 0 Å². The average Bonchev–Trinajstić information content (AvgIpc) is 3.17. The fraction of sp³-hybridized carbons (Fsp3) is 0.444. The van der Waals surface area contributed by atoms with Gasteiger partial charge in [0.05, 0.1) is 11.2 Å². The normalized spacial score (nSPS) is 19.2. The molecular formula is C45H54N2O8. The summed E-state index contributed by atoms with van der Waals surface area (Å²) >= 11 is 0. The number of carbonyl (C=O) groups is 4. The van der Waals surface area contributed by atoms with Gasteiger partial charge in [-0.15, -0.1) is 0 Å². The molecule has 1 aromatic heterocycles. The summed E-state index contributed by atoms with van der Waals surface area (Å²) in [5.74, 6) is -0.483. The first-order valence-electron chi connectivity index (χ1n) is 19.6. The highest BCUT2D eigenvalue weighted by atomic mass is 16.6. The lowest BCUT2D eigenvalue weighted by Gasteiger charge is -2.33. The molecule has 10 heteroatoms. The lowest BCUT2D eigenvalue weighted by Crippen LogP contribution is -2.46. The van der Waals surface area contributed by atoms with Crippen molar-refractivity contribution >= 4 is 46.2 Å². The maximum Gasteiger partial charge on any atom is 0.343 e. The number of hydroxylamine groups is 1. The first-order chi connectivity index (χ1) is 26.4. The summed E-state index contributed by atoms with van der Waals surface area (Å²) in [5.41, 5.74) is 6.66. The second kappa shape index (κ2) is 18.6. The van der Waals surface area contributed by atoms with Gasteiger partial charge in [-0.05, 0) is 123 Å². The van der Waals surface area contributed by atoms with Crippen LogP contribution in [0.15, 0.2) is 65.8 Å². The first-order valence-corrected chi connectivity index (χ1v) is 19.6. The minimum Gasteiger partial charge on any atom is -0.458 e. The Hall–Kier alpha value is -4.93. The van der Waals surface area contributed by atoms with E-state index in [1.807, 2.05) is 42.5 Å². The highest BCUT2D eigenvalue weighted by Crippen LogP contribution is 2.41. The van der Waals surface area contributed by atoms with Gasteiger partial charge in [0.25, 0.3) is 5.91 Å². The van der Waals surface area contributed by atoms with Gasteiger partial charge in [-0.1, -0.05) is 64.8 Å². The second-order valence-corrected chi connectivity index (χ2v) is 15.2. The van der Waals surface area contributed by atoms with Crippen LogP contribution in [0.5, 0.6) is 5.75 Å². The van der Waals surface area contributed by atoms with Gasteiger partial charge in [0, 0.05) is 34.6 Å². The van der Waals surface area contributed by atoms with Crippen molar-refractivity contribution < 1.29 is 39.0 Å². The molecule has 0 spiro atoms. The molecule has 0 saturated heterocycles. The number of cyclic esters (lactones) is 1. The molecule has 2 atom stereocenters. The Labute approximate surface area is 323 Å². The summed E-state index contributed by atoms with van der Waals surface area (Å²) in [6.07, 6.45) is 12.4. The van der Waals surface area contributed by atoms with Crippen molar-refractivity contribution in [1.82, 2.24) is 10.5 Å². The molecule has 292 valence electrons. The van der Waals surface area contributed by atoms with Crippen molar-refractivity contribution in [2.75, 3.05) is 6.61 Å². The number of pyridine rings is 1. The maximum absolute atomic E-state index is 13.2. The molecule has 0 fully saturated rings. The Bertz CT molecular complexity index is 2010. The van der Waals surface area contributed by atoms with Crippen LogP contribution in [-0.4, -0.2) is 51.1 Å². The molecule has 0 radical (unpaired) electrons. The van der Waals surface area contributed by atoms with E-state index in [-0.39, 0.29) is 31.2 Å². The SMILES string of the molecule is CCC1CC(=CC2=C(C(C)=O)COC(=O)C2(O)CC)c2nc3ccc(OC(=O)CCCCc4ccc(C=CC(=O)NO)cc4)c(CCCC(C)C)c3cc2C1. The number of hydrogen-bond acceptors (Lipinski definition) is 9. The quantitative estimate of drug-likeness (QED) is 0.0330. The number of aliphatic hydroxyl groups is 1. The third-order valence-electron chi connectivity index (χ3n) is 10.8. The topological polar surface area (TPSA) is 152 Å². The predicted molar refractivity (Wildman–Crippen MR) is 212 cm³/mol. The molecular weight excluding hydrogens is 697 g/mol. The summed E-state index contributed by atoms with van der Waals surface area (Å²) in [6, 6.07) is 13.7. The molecule has 1 amide bonds. The van der Waals surface area contributed by atoms with E-state index >= 15 is 0 Å². The zero-order valence-electron chi connectivity index (χ0n) is 32.7. The monoisotopic (exact) mass is 750 g/mol. The number of nitrogens with zero attached hydrogens (tertiary/aromatic N) is 1. The molecule has 2 aromatic carbocycles. The highest BCUT2D eigenvalue weighted by molar-refractivity contribution is 6.00. The van der Waals surface area contributed by atoms with Crippen molar-refractivity contribution in [2.24, 2.45) is 11.8 Å². The summed E-state index contributed by atoms with van der Waals surface area (Å²) < 4.78 is 11.3. The molecule has 2 unspecified atom stereocenters. The fourth-order valence-electron chi connectivity index (χ4n) is 7.48. The lowest BCUT2D eigenvalue weighted by atomic mass is 9.77. The van der Waals surface area contributed by atoms with E-state index in [0.29, 0.717) is 41.6 Å². The van der Waals surface area contributed by atoms with Crippen molar-refractivity contribution in [2.45, 2.75) is 111 Å². The number of esters is 2. The van der Waals surface area contributed by atoms with Crippen LogP contribution in [0.3, 0.4) is 0 Å². The van der Waals surface area contributed by atoms with Gasteiger partial charge in [-0.2, -0.15) is 0 Å². The van der Waals surface area contributed by atoms with E-state index in [2.05, 4.69) is 26.8 Å². The predicted octanol–water partition coefficient (Wildman–Crippen LogP) is 7.99. The number of aromatic nitrogens is 1. The number of hydrogen-bond donors (Lipinski definition) is 3. The molecule has 1 aliphatic heterocycles. The smallest absolute Gasteiger partial charge is 0.343 e. The van der Waals surface area contributed by atoms with Gasteiger partial charge in [-0.25, -0.2) is 15.3 Å². The van der Waals surface area contributed by atoms with E-state index in [1.165, 1.54) is 13.0 Å². The van der Waals surface area contributed by atoms with Crippen LogP contribution in [0.4, 0.5) is 0 Å². The van der Waals surface area contributed by atoms with Crippen LogP contribution in [0.25, 0.3) is 22.6 Å². The van der Waals surface area contributed by atoms with Crippen LogP contribution in [0.2, 0.25) is 0 Å². The molecule has 2 heterocycles. The van der Waals surface area contributed by atoms with Crippen molar-refractivity contribution in [3.05, 3.63) is 93.7 Å². The summed E-state index contributed by atoms with van der Waals surface area (Å²) in [7, 11) is 0. The minimum absolute atomic E-state index is 0.0699. The third-order valence-corrected chi connectivity index (χ3v) is 10.8. The van der Waals surface area contributed by atoms with Gasteiger partial charge in [-0.3, -0.25) is 19.6 Å². The van der Waals surface area contributed by atoms with E-state index in [9.17, 15) is 24.3 Å². The number of benzene rings is 2. The molecule has 3 N–H and O–H groups in total. The van der Waals surface area contributed by atoms with Crippen LogP contribution in [-0.2, 0) is 43.2 Å². The number of aryl methyl sites for hydroxylation is 2. The zero-order valence-corrected chi connectivity index (χ0v) is 32.7. The van der Waals surface area contributed by atoms with E-state index in [1.54, 1.807) is 18.5 Å². The fourth-order valence-corrected chi connectivity index (χ4v) is 7.48. The van der Waals surface area contributed by atoms with Gasteiger partial charge in [0.15, 0.2) is 11.4 Å². The zero-order chi connectivity index (χ0) is 39.7. The Morgan fingerprint density at radius 3 is 2.49 bits per heavy atom. The number of unbranched alkanes of at least 4 members (excludes halogenated alkanes) is 1. The Balaban J connectivity index is 1.40. The lowest BCUT2D eigenvalue weighted by molar-refractivity contribution is -0.163. The highest BCUT2D eigenvalue weighted by Gasteiger charge is 2.45. The van der Waals surface area contributed by atoms with Gasteiger partial charge in [0.2, 0.25) is 0 Å². The molecule has 0 bridgehead atoms. The Morgan fingerprint density at radius 1 is 1.05 bits per heavy atom. The second-order valence-electron chi connectivity index (χ2n) is 15.2. The standard InChI is InChI=1S/C45H54N2O8/c1-6-30-23-33-25-36-35(13-10-11-28(3)4)40(55-42(50)14-9-8-12-31-15-17-32(18-16-31)19-22-41(49)47-53)21-20-39(36)46-43(33)34(24-30)26-38-37(29(5)48)27-54-44(51)45(38,52)7-2/h15-22,25-26,28,30,52-53H,6-14,23-24,27H2,1-5H3,(H,47,49). The van der Waals surface area contributed by atoms with Crippen LogP contribution in [0.1, 0.15) is 114 Å². The minimum atomic E-state index is -1.92. The Kier molecular flexibility index (Phi) is 13.9. The Morgan fingerprint density at radius 2 is 1.82 bits per heavy atom. The number of carbonyl (C=O) groups excluding carboxylic acids is 4. The summed E-state index contributed by atoms with van der Waals surface area (Å²) in [5, 5.41) is 21.1. The largest absolute Gasteiger partial charge is 0.458 e. The van der Waals surface area contributed by atoms with Crippen LogP contribution >= 0.6 is 0 Å². The van der Waals surface area contributed by atoms with Crippen LogP contribution < -0.4 is 10.2 Å². The number of rotatable bonds is 16. The first kappa shape index (κ1) is 41.2. The number of allylic oxidation sites excluding steroid dienone is 1. The average molecular weight is 751 g/mol. The summed E-state index contributed by atoms with van der Waals surface area (Å²) in [6.45, 7) is 9.50. The van der Waals surface area contributed by atoms with Crippen LogP contribution in [0, 0.1) is 11.8 Å². The van der Waals surface area contributed by atoms with Crippen molar-refractivity contribution in [3.8, 4) is 5.75 Å². The van der Waals surface area contributed by atoms with E-state index in [0.717, 1.165) is 89.4 Å². The number of Topliss-reactive ketones (excluding diaryl/α,β-unsaturated/α-hetero) is 1.